The predicted molar refractivity (Wildman–Crippen MR) is 76.8 cm³/mol. The van der Waals surface area contributed by atoms with Crippen LogP contribution in [0.15, 0.2) is 0 Å². The summed E-state index contributed by atoms with van der Waals surface area (Å²) >= 11 is 0. The molecule has 17 heteroatoms. The van der Waals surface area contributed by atoms with Gasteiger partial charge in [-0.25, -0.2) is 0 Å². The molecule has 4 nitrogen and oxygen atoms in total. The van der Waals surface area contributed by atoms with Crippen LogP contribution in [0.25, 0.3) is 0 Å². The van der Waals surface area contributed by atoms with Crippen molar-refractivity contribution in [2.75, 3.05) is 13.2 Å². The molecule has 0 heterocycles. The van der Waals surface area contributed by atoms with Gasteiger partial charge in [0.2, 0.25) is 0 Å². The number of rotatable bonds is 11. The molecule has 0 N–H and O–H groups in total. The fourth-order valence-electron chi connectivity index (χ4n) is 2.21. The van der Waals surface area contributed by atoms with Gasteiger partial charge in [0, 0.05) is 0 Å². The minimum Gasteiger partial charge on any atom is -0.466 e. The molecular formula is C15H15F13O4. The summed E-state index contributed by atoms with van der Waals surface area (Å²) < 4.78 is 181. The van der Waals surface area contributed by atoms with Gasteiger partial charge in [-0.15, -0.1) is 0 Å². The Labute approximate surface area is 171 Å². The maximum atomic E-state index is 14.3. The van der Waals surface area contributed by atoms with E-state index in [0.717, 1.165) is 13.8 Å². The van der Waals surface area contributed by atoms with E-state index in [2.05, 4.69) is 9.47 Å². The number of carbonyl (C=O) groups is 2. The second kappa shape index (κ2) is 9.49. The smallest absolute Gasteiger partial charge is 0.460 e. The van der Waals surface area contributed by atoms with Crippen LogP contribution in [0.5, 0.6) is 0 Å². The molecule has 0 aromatic rings. The molecule has 0 saturated carbocycles. The van der Waals surface area contributed by atoms with Gasteiger partial charge < -0.3 is 9.47 Å². The van der Waals surface area contributed by atoms with E-state index in [9.17, 15) is 66.7 Å². The standard InChI is InChI=1S/C15H15F13O4/c1-3-31-8(29)5-7(6-9(30)32-4-2)10(16,17)11(18,19)12(20,21)13(22,23)14(24,25)15(26,27)28/h7H,3-6H2,1-2H3. The number of carbonyl (C=O) groups excluding carboxylic acids is 2. The van der Waals surface area contributed by atoms with Crippen LogP contribution in [0.3, 0.4) is 0 Å². The molecule has 0 saturated heterocycles. The van der Waals surface area contributed by atoms with E-state index < -0.39 is 79.7 Å². The SMILES string of the molecule is CCOC(=O)CC(CC(=O)OCC)C(F)(F)C(F)(F)C(F)(F)C(F)(F)C(F)(F)C(F)(F)F. The highest BCUT2D eigenvalue weighted by Gasteiger charge is 2.91. The van der Waals surface area contributed by atoms with Gasteiger partial charge in [-0.3, -0.25) is 9.59 Å². The van der Waals surface area contributed by atoms with Gasteiger partial charge in [-0.1, -0.05) is 0 Å². The van der Waals surface area contributed by atoms with Crippen LogP contribution in [0, 0.1) is 5.92 Å². The molecule has 0 fully saturated rings. The zero-order valence-corrected chi connectivity index (χ0v) is 16.0. The van der Waals surface area contributed by atoms with Gasteiger partial charge in [0.05, 0.1) is 32.0 Å². The first-order valence-corrected chi connectivity index (χ1v) is 8.33. The average Bonchev–Trinajstić information content (AvgIpc) is 2.59. The van der Waals surface area contributed by atoms with Crippen molar-refractivity contribution in [3.8, 4) is 0 Å². The number of esters is 2. The third-order valence-corrected chi connectivity index (χ3v) is 3.91. The molecule has 0 amide bonds. The number of halogens is 13. The van der Waals surface area contributed by atoms with E-state index in [1.807, 2.05) is 0 Å². The summed E-state index contributed by atoms with van der Waals surface area (Å²) in [5, 5.41) is 0. The molecule has 0 rings (SSSR count). The Morgan fingerprint density at radius 3 is 1.19 bits per heavy atom. The summed E-state index contributed by atoms with van der Waals surface area (Å²) in [6, 6.07) is 0. The molecule has 190 valence electrons. The lowest BCUT2D eigenvalue weighted by molar-refractivity contribution is -0.443. The van der Waals surface area contributed by atoms with Crippen molar-refractivity contribution in [1.29, 1.82) is 0 Å². The normalized spacial score (nSPS) is 14.5. The second-order valence-electron chi connectivity index (χ2n) is 6.13. The van der Waals surface area contributed by atoms with Gasteiger partial charge in [-0.2, -0.15) is 57.1 Å². The third kappa shape index (κ3) is 5.15. The van der Waals surface area contributed by atoms with E-state index in [1.165, 1.54) is 0 Å². The molecule has 0 spiro atoms. The summed E-state index contributed by atoms with van der Waals surface area (Å²) in [5.41, 5.74) is 0. The van der Waals surface area contributed by atoms with Crippen LogP contribution >= 0.6 is 0 Å². The molecule has 0 radical (unpaired) electrons. The summed E-state index contributed by atoms with van der Waals surface area (Å²) in [6.45, 7) is 0.968. The van der Waals surface area contributed by atoms with Gasteiger partial charge in [0.1, 0.15) is 0 Å². The van der Waals surface area contributed by atoms with Crippen LogP contribution in [0.4, 0.5) is 57.1 Å². The molecular weight excluding hydrogens is 491 g/mol. The highest BCUT2D eigenvalue weighted by atomic mass is 19.4. The highest BCUT2D eigenvalue weighted by molar-refractivity contribution is 5.73. The quantitative estimate of drug-likeness (QED) is 0.284. The number of alkyl halides is 13. The van der Waals surface area contributed by atoms with Gasteiger partial charge in [0.25, 0.3) is 0 Å². The zero-order chi connectivity index (χ0) is 26.0. The zero-order valence-electron chi connectivity index (χ0n) is 16.0. The van der Waals surface area contributed by atoms with Crippen LogP contribution in [-0.2, 0) is 19.1 Å². The lowest BCUT2D eigenvalue weighted by atomic mass is 9.84. The third-order valence-electron chi connectivity index (χ3n) is 3.91. The average molecular weight is 506 g/mol. The number of ether oxygens (including phenoxy) is 2. The molecule has 0 aromatic heterocycles. The first-order valence-electron chi connectivity index (χ1n) is 8.33. The molecule has 0 unspecified atom stereocenters. The summed E-state index contributed by atoms with van der Waals surface area (Å²) in [4.78, 5) is 22.7. The van der Waals surface area contributed by atoms with E-state index in [4.69, 9.17) is 0 Å². The van der Waals surface area contributed by atoms with E-state index in [1.54, 1.807) is 0 Å². The van der Waals surface area contributed by atoms with Gasteiger partial charge in [0.15, 0.2) is 0 Å². The summed E-state index contributed by atoms with van der Waals surface area (Å²) in [6.07, 6.45) is -11.6. The molecule has 0 atom stereocenters. The van der Waals surface area contributed by atoms with Crippen molar-refractivity contribution < 1.29 is 76.1 Å². The minimum atomic E-state index is -8.08. The highest BCUT2D eigenvalue weighted by Crippen LogP contribution is 2.61. The van der Waals surface area contributed by atoms with Crippen LogP contribution < -0.4 is 0 Å². The lowest BCUT2D eigenvalue weighted by Crippen LogP contribution is -2.71. The Hall–Kier alpha value is -1.97. The molecule has 0 aliphatic heterocycles. The first kappa shape index (κ1) is 30.0. The van der Waals surface area contributed by atoms with Gasteiger partial charge in [-0.05, 0) is 13.8 Å². The monoisotopic (exact) mass is 506 g/mol. The van der Waals surface area contributed by atoms with E-state index >= 15 is 0 Å². The summed E-state index contributed by atoms with van der Waals surface area (Å²) in [7, 11) is 0. The van der Waals surface area contributed by atoms with E-state index in [0.29, 0.717) is 0 Å². The maximum absolute atomic E-state index is 14.3. The number of hydrogen-bond acceptors (Lipinski definition) is 4. The number of hydrogen-bond donors (Lipinski definition) is 0. The van der Waals surface area contributed by atoms with Crippen molar-refractivity contribution in [2.45, 2.75) is 62.5 Å². The van der Waals surface area contributed by atoms with Crippen LogP contribution in [0.1, 0.15) is 26.7 Å². The Morgan fingerprint density at radius 2 is 0.906 bits per heavy atom. The Bertz CT molecular complexity index is 653. The van der Waals surface area contributed by atoms with Crippen LogP contribution in [0.2, 0.25) is 0 Å². The Kier molecular flexibility index (Phi) is 8.90. The molecule has 0 bridgehead atoms. The Morgan fingerprint density at radius 1 is 0.594 bits per heavy atom. The fraction of sp³-hybridized carbons (Fsp3) is 0.867. The lowest BCUT2D eigenvalue weighted by Gasteiger charge is -2.41. The van der Waals surface area contributed by atoms with Crippen molar-refractivity contribution in [3.63, 3.8) is 0 Å². The van der Waals surface area contributed by atoms with Crippen molar-refractivity contribution >= 4 is 11.9 Å². The molecule has 32 heavy (non-hydrogen) atoms. The fourth-order valence-corrected chi connectivity index (χ4v) is 2.21. The van der Waals surface area contributed by atoms with Crippen molar-refractivity contribution in [1.82, 2.24) is 0 Å². The molecule has 0 aliphatic rings. The topological polar surface area (TPSA) is 52.6 Å². The van der Waals surface area contributed by atoms with Crippen LogP contribution in [-0.4, -0.2) is 60.9 Å². The molecule has 0 aromatic carbocycles. The Balaban J connectivity index is 6.51. The molecule has 0 aliphatic carbocycles. The predicted octanol–water partition coefficient (Wildman–Crippen LogP) is 5.25. The first-order chi connectivity index (χ1) is 14.1. The largest absolute Gasteiger partial charge is 0.466 e. The maximum Gasteiger partial charge on any atom is 0.460 e. The van der Waals surface area contributed by atoms with Crippen molar-refractivity contribution in [2.24, 2.45) is 5.92 Å². The van der Waals surface area contributed by atoms with E-state index in [-0.39, 0.29) is 0 Å². The second-order valence-corrected chi connectivity index (χ2v) is 6.13. The van der Waals surface area contributed by atoms with Gasteiger partial charge >= 0.3 is 47.7 Å². The minimum absolute atomic E-state index is 0.584. The summed E-state index contributed by atoms with van der Waals surface area (Å²) in [5.74, 6) is -45.5. The van der Waals surface area contributed by atoms with Crippen molar-refractivity contribution in [3.05, 3.63) is 0 Å².